The highest BCUT2D eigenvalue weighted by Crippen LogP contribution is 2.48. The smallest absolute Gasteiger partial charge is 0.126 e. The van der Waals surface area contributed by atoms with Gasteiger partial charge in [0.2, 0.25) is 0 Å². The van der Waals surface area contributed by atoms with Crippen LogP contribution in [0.25, 0.3) is 0 Å². The molecule has 0 N–H and O–H groups in total. The number of allylic oxidation sites excluding steroid dienone is 2. The Morgan fingerprint density at radius 2 is 2.29 bits per heavy atom. The van der Waals surface area contributed by atoms with Crippen molar-refractivity contribution in [2.75, 3.05) is 0 Å². The lowest BCUT2D eigenvalue weighted by Crippen LogP contribution is -2.36. The van der Waals surface area contributed by atoms with Crippen LogP contribution in [0.4, 0.5) is 0 Å². The molecule has 1 heteroatoms. The molecule has 3 unspecified atom stereocenters. The number of fused-ring (bicyclic) bond motifs is 1. The first-order chi connectivity index (χ1) is 6.67. The van der Waals surface area contributed by atoms with Gasteiger partial charge in [-0.3, -0.25) is 0 Å². The van der Waals surface area contributed by atoms with Crippen LogP contribution in [0, 0.1) is 17.3 Å². The van der Waals surface area contributed by atoms with Crippen molar-refractivity contribution in [1.82, 2.24) is 0 Å². The average molecular weight is 192 g/mol. The van der Waals surface area contributed by atoms with E-state index >= 15 is 0 Å². The average Bonchev–Trinajstić information content (AvgIpc) is 2.24. The van der Waals surface area contributed by atoms with Crippen LogP contribution in [0.2, 0.25) is 0 Å². The first kappa shape index (κ1) is 9.95. The zero-order valence-corrected chi connectivity index (χ0v) is 9.25. The van der Waals surface area contributed by atoms with Gasteiger partial charge in [-0.25, -0.2) is 0 Å². The van der Waals surface area contributed by atoms with E-state index in [1.165, 1.54) is 32.0 Å². The summed E-state index contributed by atoms with van der Waals surface area (Å²) >= 11 is 0. The number of hydrogen-bond donors (Lipinski definition) is 0. The van der Waals surface area contributed by atoms with Gasteiger partial charge in [0.1, 0.15) is 6.29 Å². The summed E-state index contributed by atoms with van der Waals surface area (Å²) in [5.74, 6) is 1.27. The highest BCUT2D eigenvalue weighted by Gasteiger charge is 2.40. The molecule has 0 radical (unpaired) electrons. The minimum atomic E-state index is -0.0837. The van der Waals surface area contributed by atoms with Crippen LogP contribution in [0.1, 0.15) is 46.0 Å². The van der Waals surface area contributed by atoms with Gasteiger partial charge in [-0.1, -0.05) is 25.5 Å². The Kier molecular flexibility index (Phi) is 2.50. The van der Waals surface area contributed by atoms with Crippen molar-refractivity contribution < 1.29 is 4.79 Å². The number of carbonyl (C=O) groups is 1. The standard InChI is InChI=1S/C13H20O/c1-10-12-6-4-3-5-11(12)7-8-13(10,2)9-14/h6,9-11H,3-5,7-8H2,1-2H3. The predicted octanol–water partition coefficient (Wildman–Crippen LogP) is 3.35. The van der Waals surface area contributed by atoms with Crippen molar-refractivity contribution in [2.24, 2.45) is 17.3 Å². The maximum Gasteiger partial charge on any atom is 0.126 e. The second kappa shape index (κ2) is 3.52. The van der Waals surface area contributed by atoms with Crippen LogP contribution in [-0.2, 0) is 4.79 Å². The Bertz CT molecular complexity index is 266. The zero-order valence-electron chi connectivity index (χ0n) is 9.25. The Hall–Kier alpha value is -0.590. The van der Waals surface area contributed by atoms with Crippen LogP contribution in [0.5, 0.6) is 0 Å². The van der Waals surface area contributed by atoms with Gasteiger partial charge in [0.05, 0.1) is 0 Å². The lowest BCUT2D eigenvalue weighted by molar-refractivity contribution is -0.118. The molecule has 0 aliphatic heterocycles. The van der Waals surface area contributed by atoms with Gasteiger partial charge in [-0.2, -0.15) is 0 Å². The van der Waals surface area contributed by atoms with Crippen LogP contribution < -0.4 is 0 Å². The minimum Gasteiger partial charge on any atom is -0.303 e. The molecular weight excluding hydrogens is 172 g/mol. The van der Waals surface area contributed by atoms with E-state index in [0.717, 1.165) is 12.3 Å². The van der Waals surface area contributed by atoms with Crippen LogP contribution in [0.3, 0.4) is 0 Å². The van der Waals surface area contributed by atoms with E-state index in [1.807, 2.05) is 0 Å². The molecule has 78 valence electrons. The van der Waals surface area contributed by atoms with Crippen LogP contribution in [0.15, 0.2) is 11.6 Å². The third-order valence-electron chi connectivity index (χ3n) is 4.40. The first-order valence-electron chi connectivity index (χ1n) is 5.83. The first-order valence-corrected chi connectivity index (χ1v) is 5.83. The third-order valence-corrected chi connectivity index (χ3v) is 4.40. The second-order valence-corrected chi connectivity index (χ2v) is 5.22. The molecule has 0 aromatic rings. The number of aldehydes is 1. The highest BCUT2D eigenvalue weighted by molar-refractivity contribution is 5.61. The van der Waals surface area contributed by atoms with Crippen molar-refractivity contribution in [3.63, 3.8) is 0 Å². The molecular formula is C13H20O. The van der Waals surface area contributed by atoms with E-state index in [-0.39, 0.29) is 5.41 Å². The molecule has 0 amide bonds. The molecule has 0 saturated heterocycles. The van der Waals surface area contributed by atoms with E-state index in [2.05, 4.69) is 19.9 Å². The Morgan fingerprint density at radius 1 is 1.50 bits per heavy atom. The van der Waals surface area contributed by atoms with E-state index in [4.69, 9.17) is 0 Å². The molecule has 0 spiro atoms. The molecule has 2 aliphatic rings. The van der Waals surface area contributed by atoms with Crippen molar-refractivity contribution >= 4 is 6.29 Å². The maximum absolute atomic E-state index is 11.1. The fraction of sp³-hybridized carbons (Fsp3) is 0.769. The summed E-state index contributed by atoms with van der Waals surface area (Å²) in [4.78, 5) is 11.1. The highest BCUT2D eigenvalue weighted by atomic mass is 16.1. The molecule has 1 nitrogen and oxygen atoms in total. The maximum atomic E-state index is 11.1. The van der Waals surface area contributed by atoms with E-state index < -0.39 is 0 Å². The van der Waals surface area contributed by atoms with Crippen molar-refractivity contribution in [2.45, 2.75) is 46.0 Å². The van der Waals surface area contributed by atoms with Gasteiger partial charge in [-0.15, -0.1) is 0 Å². The fourth-order valence-corrected chi connectivity index (χ4v) is 3.05. The van der Waals surface area contributed by atoms with Crippen molar-refractivity contribution in [3.05, 3.63) is 11.6 Å². The summed E-state index contributed by atoms with van der Waals surface area (Å²) in [6.07, 6.45) is 9.82. The van der Waals surface area contributed by atoms with Gasteiger partial charge in [0, 0.05) is 5.41 Å². The predicted molar refractivity (Wildman–Crippen MR) is 58.0 cm³/mol. The summed E-state index contributed by atoms with van der Waals surface area (Å²) in [7, 11) is 0. The molecule has 0 aromatic carbocycles. The minimum absolute atomic E-state index is 0.0837. The normalized spacial score (nSPS) is 42.6. The second-order valence-electron chi connectivity index (χ2n) is 5.22. The third kappa shape index (κ3) is 1.43. The SMILES string of the molecule is CC1C2=CCCCC2CCC1(C)C=O. The van der Waals surface area contributed by atoms with Gasteiger partial charge >= 0.3 is 0 Å². The van der Waals surface area contributed by atoms with Crippen molar-refractivity contribution in [3.8, 4) is 0 Å². The lowest BCUT2D eigenvalue weighted by atomic mass is 9.61. The van der Waals surface area contributed by atoms with Crippen LogP contribution in [-0.4, -0.2) is 6.29 Å². The summed E-state index contributed by atoms with van der Waals surface area (Å²) in [6.45, 7) is 4.36. The molecule has 1 saturated carbocycles. The molecule has 14 heavy (non-hydrogen) atoms. The van der Waals surface area contributed by atoms with E-state index in [1.54, 1.807) is 5.57 Å². The number of rotatable bonds is 1. The summed E-state index contributed by atoms with van der Waals surface area (Å²) in [5, 5.41) is 0. The molecule has 1 fully saturated rings. The summed E-state index contributed by atoms with van der Waals surface area (Å²) in [6, 6.07) is 0. The molecule has 0 aromatic heterocycles. The van der Waals surface area contributed by atoms with Gasteiger partial charge in [0.15, 0.2) is 0 Å². The summed E-state index contributed by atoms with van der Waals surface area (Å²) in [5.41, 5.74) is 1.50. The summed E-state index contributed by atoms with van der Waals surface area (Å²) < 4.78 is 0. The van der Waals surface area contributed by atoms with Gasteiger partial charge < -0.3 is 4.79 Å². The topological polar surface area (TPSA) is 17.1 Å². The molecule has 2 aliphatic carbocycles. The van der Waals surface area contributed by atoms with E-state index in [9.17, 15) is 4.79 Å². The van der Waals surface area contributed by atoms with Gasteiger partial charge in [-0.05, 0) is 43.9 Å². The molecule has 3 atom stereocenters. The number of hydrogen-bond acceptors (Lipinski definition) is 1. The Balaban J connectivity index is 2.26. The molecule has 0 heterocycles. The van der Waals surface area contributed by atoms with Crippen molar-refractivity contribution in [1.29, 1.82) is 0 Å². The monoisotopic (exact) mass is 192 g/mol. The fourth-order valence-electron chi connectivity index (χ4n) is 3.05. The number of carbonyl (C=O) groups excluding carboxylic acids is 1. The molecule has 0 bridgehead atoms. The lowest BCUT2D eigenvalue weighted by Gasteiger charge is -2.43. The zero-order chi connectivity index (χ0) is 10.2. The largest absolute Gasteiger partial charge is 0.303 e. The van der Waals surface area contributed by atoms with Gasteiger partial charge in [0.25, 0.3) is 0 Å². The van der Waals surface area contributed by atoms with Crippen LogP contribution >= 0.6 is 0 Å². The Labute approximate surface area is 86.6 Å². The van der Waals surface area contributed by atoms with E-state index in [0.29, 0.717) is 5.92 Å². The molecule has 2 rings (SSSR count). The quantitative estimate of drug-likeness (QED) is 0.460. The Morgan fingerprint density at radius 3 is 3.00 bits per heavy atom.